The van der Waals surface area contributed by atoms with E-state index in [0.717, 1.165) is 52.4 Å². The summed E-state index contributed by atoms with van der Waals surface area (Å²) in [6.45, 7) is 25.5. The number of carbonyl (C=O) groups excluding carboxylic acids is 3. The molecular weight excluding hydrogens is 476 g/mol. The fourth-order valence-corrected chi connectivity index (χ4v) is 4.63. The molecule has 3 saturated heterocycles. The third-order valence-electron chi connectivity index (χ3n) is 7.00. The van der Waals surface area contributed by atoms with Gasteiger partial charge in [0, 0.05) is 68.6 Å². The lowest BCUT2D eigenvalue weighted by Crippen LogP contribution is -2.50. The average molecular weight is 539 g/mol. The largest absolute Gasteiger partial charge is 0.342 e. The van der Waals surface area contributed by atoms with Crippen molar-refractivity contribution in [2.45, 2.75) is 108 Å². The van der Waals surface area contributed by atoms with Gasteiger partial charge in [-0.25, -0.2) is 0 Å². The van der Waals surface area contributed by atoms with E-state index in [-0.39, 0.29) is 29.6 Å². The van der Waals surface area contributed by atoms with Crippen LogP contribution in [-0.2, 0) is 14.4 Å². The first-order valence-corrected chi connectivity index (χ1v) is 14.5. The number of hydrogen-bond acceptors (Lipinski definition) is 4. The molecule has 0 aromatic carbocycles. The van der Waals surface area contributed by atoms with Crippen molar-refractivity contribution < 1.29 is 14.4 Å². The highest BCUT2D eigenvalue weighted by molar-refractivity contribution is 5.82. The molecule has 3 aliphatic heterocycles. The van der Waals surface area contributed by atoms with Crippen LogP contribution in [0.4, 0.5) is 0 Å². The summed E-state index contributed by atoms with van der Waals surface area (Å²) in [5.74, 6) is 0.894. The molecule has 0 saturated carbocycles. The van der Waals surface area contributed by atoms with Gasteiger partial charge >= 0.3 is 0 Å². The second-order valence-electron chi connectivity index (χ2n) is 14.1. The summed E-state index contributed by atoms with van der Waals surface area (Å²) >= 11 is 0. The van der Waals surface area contributed by atoms with E-state index in [2.05, 4.69) is 11.9 Å². The van der Waals surface area contributed by atoms with Crippen LogP contribution < -0.4 is 0 Å². The molecule has 3 amide bonds. The number of rotatable bonds is 0. The van der Waals surface area contributed by atoms with Crippen LogP contribution in [0.2, 0.25) is 0 Å². The molecule has 0 spiro atoms. The summed E-state index contributed by atoms with van der Waals surface area (Å²) in [4.78, 5) is 43.6. The SMILES string of the molecule is C.CC(C)(C)C(=O)N1CCCCC1.CC(C)(C)C(=O)N1CCCCC1.CN1CCN(C(=O)C(C)(C)C)CC1. The van der Waals surface area contributed by atoms with E-state index in [4.69, 9.17) is 0 Å². The van der Waals surface area contributed by atoms with Crippen LogP contribution in [-0.4, -0.2) is 96.7 Å². The number of amides is 3. The Balaban J connectivity index is 0.000000534. The Morgan fingerprint density at radius 3 is 0.895 bits per heavy atom. The molecule has 0 atom stereocenters. The van der Waals surface area contributed by atoms with Gasteiger partial charge in [-0.3, -0.25) is 14.4 Å². The number of piperazine rings is 1. The van der Waals surface area contributed by atoms with Crippen LogP contribution >= 0.6 is 0 Å². The quantitative estimate of drug-likeness (QED) is 0.407. The van der Waals surface area contributed by atoms with Gasteiger partial charge in [0.1, 0.15) is 0 Å². The van der Waals surface area contributed by atoms with Crippen LogP contribution in [0.15, 0.2) is 0 Å². The van der Waals surface area contributed by atoms with Crippen molar-refractivity contribution >= 4 is 17.7 Å². The summed E-state index contributed by atoms with van der Waals surface area (Å²) in [5, 5.41) is 0. The molecule has 3 rings (SSSR count). The Bertz CT molecular complexity index is 671. The second kappa shape index (κ2) is 15.8. The van der Waals surface area contributed by atoms with E-state index >= 15 is 0 Å². The maximum Gasteiger partial charge on any atom is 0.228 e. The average Bonchev–Trinajstić information content (AvgIpc) is 2.83. The first-order valence-electron chi connectivity index (χ1n) is 14.5. The third kappa shape index (κ3) is 12.9. The molecule has 0 unspecified atom stereocenters. The lowest BCUT2D eigenvalue weighted by Gasteiger charge is -2.36. The van der Waals surface area contributed by atoms with E-state index in [1.165, 1.54) is 38.5 Å². The molecule has 0 N–H and O–H groups in total. The number of hydrogen-bond donors (Lipinski definition) is 0. The minimum Gasteiger partial charge on any atom is -0.342 e. The maximum atomic E-state index is 11.8. The predicted molar refractivity (Wildman–Crippen MR) is 160 cm³/mol. The Morgan fingerprint density at radius 2 is 0.658 bits per heavy atom. The van der Waals surface area contributed by atoms with Gasteiger partial charge in [-0.1, -0.05) is 69.7 Å². The third-order valence-corrected chi connectivity index (χ3v) is 7.00. The van der Waals surface area contributed by atoms with E-state index < -0.39 is 0 Å². The zero-order valence-electron chi connectivity index (χ0n) is 25.9. The van der Waals surface area contributed by atoms with Crippen LogP contribution in [0.5, 0.6) is 0 Å². The zero-order chi connectivity index (χ0) is 28.4. The van der Waals surface area contributed by atoms with Gasteiger partial charge < -0.3 is 19.6 Å². The van der Waals surface area contributed by atoms with E-state index in [0.29, 0.717) is 11.8 Å². The van der Waals surface area contributed by atoms with Crippen LogP contribution in [0.25, 0.3) is 0 Å². The van der Waals surface area contributed by atoms with Crippen molar-refractivity contribution in [1.29, 1.82) is 0 Å². The van der Waals surface area contributed by atoms with Gasteiger partial charge in [0.2, 0.25) is 17.7 Å². The number of nitrogens with zero attached hydrogens (tertiary/aromatic N) is 4. The zero-order valence-corrected chi connectivity index (χ0v) is 25.9. The first-order chi connectivity index (χ1) is 16.9. The standard InChI is InChI=1S/C10H20N2O.2C10H19NO.CH4/c1-10(2,3)9(13)12-7-5-11(4)6-8-12;2*1-10(2,3)9(12)11-7-5-4-6-8-11;/h5-8H2,1-4H3;2*4-8H2,1-3H3;1H4. The van der Waals surface area contributed by atoms with E-state index in [9.17, 15) is 14.4 Å². The van der Waals surface area contributed by atoms with Gasteiger partial charge in [-0.05, 0) is 45.6 Å². The van der Waals surface area contributed by atoms with Crippen LogP contribution in [0.3, 0.4) is 0 Å². The first kappa shape index (κ1) is 36.4. The van der Waals surface area contributed by atoms with Crippen molar-refractivity contribution in [3.8, 4) is 0 Å². The molecule has 224 valence electrons. The topological polar surface area (TPSA) is 64.2 Å². The molecule has 0 bridgehead atoms. The smallest absolute Gasteiger partial charge is 0.228 e. The summed E-state index contributed by atoms with van der Waals surface area (Å²) in [6, 6.07) is 0. The van der Waals surface area contributed by atoms with E-state index in [1.54, 1.807) is 0 Å². The molecule has 38 heavy (non-hydrogen) atoms. The number of likely N-dealkylation sites (tertiary alicyclic amines) is 2. The van der Waals surface area contributed by atoms with Crippen molar-refractivity contribution in [2.24, 2.45) is 16.2 Å². The van der Waals surface area contributed by atoms with Gasteiger partial charge in [0.15, 0.2) is 0 Å². The Labute approximate surface area is 235 Å². The lowest BCUT2D eigenvalue weighted by atomic mass is 9.93. The predicted octanol–water partition coefficient (Wildman–Crippen LogP) is 5.53. The fraction of sp³-hybridized carbons (Fsp3) is 0.903. The van der Waals surface area contributed by atoms with Gasteiger partial charge in [0.25, 0.3) is 0 Å². The monoisotopic (exact) mass is 538 g/mol. The molecule has 3 heterocycles. The minimum atomic E-state index is -0.226. The minimum absolute atomic E-state index is 0. The van der Waals surface area contributed by atoms with Crippen LogP contribution in [0.1, 0.15) is 108 Å². The molecule has 7 heteroatoms. The molecule has 0 aromatic heterocycles. The normalized spacial score (nSPS) is 19.3. The molecule has 0 aromatic rings. The number of likely N-dealkylation sites (N-methyl/N-ethyl adjacent to an activating group) is 1. The fourth-order valence-electron chi connectivity index (χ4n) is 4.63. The highest BCUT2D eigenvalue weighted by Gasteiger charge is 2.30. The summed E-state index contributed by atoms with van der Waals surface area (Å²) in [6.07, 6.45) is 7.30. The lowest BCUT2D eigenvalue weighted by molar-refractivity contribution is -0.141. The van der Waals surface area contributed by atoms with Crippen molar-refractivity contribution in [1.82, 2.24) is 19.6 Å². The Kier molecular flexibility index (Phi) is 15.2. The Hall–Kier alpha value is -1.63. The van der Waals surface area contributed by atoms with Crippen molar-refractivity contribution in [3.05, 3.63) is 0 Å². The molecule has 7 nitrogen and oxygen atoms in total. The summed E-state index contributed by atoms with van der Waals surface area (Å²) in [7, 11) is 2.10. The summed E-state index contributed by atoms with van der Waals surface area (Å²) in [5.41, 5.74) is -0.620. The molecular formula is C31H62N4O3. The molecule has 0 aliphatic carbocycles. The van der Waals surface area contributed by atoms with Crippen LogP contribution in [0, 0.1) is 16.2 Å². The van der Waals surface area contributed by atoms with Crippen molar-refractivity contribution in [2.75, 3.05) is 59.4 Å². The number of piperidine rings is 2. The molecule has 3 aliphatic rings. The van der Waals surface area contributed by atoms with Gasteiger partial charge in [-0.2, -0.15) is 0 Å². The maximum absolute atomic E-state index is 11.8. The van der Waals surface area contributed by atoms with Crippen molar-refractivity contribution in [3.63, 3.8) is 0 Å². The Morgan fingerprint density at radius 1 is 0.421 bits per heavy atom. The highest BCUT2D eigenvalue weighted by Crippen LogP contribution is 2.21. The van der Waals surface area contributed by atoms with Gasteiger partial charge in [-0.15, -0.1) is 0 Å². The number of carbonyl (C=O) groups is 3. The molecule has 0 radical (unpaired) electrons. The second-order valence-corrected chi connectivity index (χ2v) is 14.1. The van der Waals surface area contributed by atoms with E-state index in [1.807, 2.05) is 77.0 Å². The summed E-state index contributed by atoms with van der Waals surface area (Å²) < 4.78 is 0. The van der Waals surface area contributed by atoms with Gasteiger partial charge in [0.05, 0.1) is 0 Å². The molecule has 3 fully saturated rings. The highest BCUT2D eigenvalue weighted by atomic mass is 16.2.